The van der Waals surface area contributed by atoms with Gasteiger partial charge in [-0.15, -0.1) is 10.2 Å². The van der Waals surface area contributed by atoms with Gasteiger partial charge in [0, 0.05) is 20.0 Å². The minimum Gasteiger partial charge on any atom is -0.321 e. The molecular weight excluding hydrogens is 236 g/mol. The van der Waals surface area contributed by atoms with Crippen molar-refractivity contribution in [1.82, 2.24) is 20.1 Å². The molecule has 4 heteroatoms. The number of nitrogens with one attached hydrogen (secondary N) is 1. The highest BCUT2D eigenvalue weighted by atomic mass is 15.2. The summed E-state index contributed by atoms with van der Waals surface area (Å²) in [5.41, 5.74) is 1.43. The monoisotopic (exact) mass is 258 g/mol. The van der Waals surface area contributed by atoms with Gasteiger partial charge in [-0.1, -0.05) is 30.3 Å². The molecule has 0 radical (unpaired) electrons. The van der Waals surface area contributed by atoms with Crippen LogP contribution in [-0.2, 0) is 19.9 Å². The highest BCUT2D eigenvalue weighted by Crippen LogP contribution is 2.03. The van der Waals surface area contributed by atoms with Gasteiger partial charge in [0.2, 0.25) is 0 Å². The van der Waals surface area contributed by atoms with Gasteiger partial charge >= 0.3 is 0 Å². The van der Waals surface area contributed by atoms with Gasteiger partial charge in [0.1, 0.15) is 12.2 Å². The van der Waals surface area contributed by atoms with Crippen LogP contribution in [-0.4, -0.2) is 27.9 Å². The minimum absolute atomic E-state index is 0.940. The van der Waals surface area contributed by atoms with E-state index in [0.29, 0.717) is 0 Å². The number of benzene rings is 1. The van der Waals surface area contributed by atoms with Crippen molar-refractivity contribution >= 4 is 0 Å². The lowest BCUT2D eigenvalue weighted by molar-refractivity contribution is 0.608. The predicted octanol–water partition coefficient (Wildman–Crippen LogP) is 1.97. The highest BCUT2D eigenvalue weighted by Gasteiger charge is 1.99. The molecule has 0 amide bonds. The summed E-state index contributed by atoms with van der Waals surface area (Å²) < 4.78 is 1.97. The molecule has 0 aliphatic carbocycles. The lowest BCUT2D eigenvalue weighted by Gasteiger charge is -2.04. The molecule has 1 heterocycles. The molecule has 102 valence electrons. The average Bonchev–Trinajstić information content (AvgIpc) is 2.84. The first-order chi connectivity index (χ1) is 9.36. The van der Waals surface area contributed by atoms with Crippen molar-refractivity contribution in [3.8, 4) is 0 Å². The predicted molar refractivity (Wildman–Crippen MR) is 77.0 cm³/mol. The van der Waals surface area contributed by atoms with Crippen LogP contribution in [0.4, 0.5) is 0 Å². The average molecular weight is 258 g/mol. The zero-order chi connectivity index (χ0) is 13.3. The second kappa shape index (κ2) is 7.69. The van der Waals surface area contributed by atoms with Crippen LogP contribution in [0.15, 0.2) is 36.7 Å². The highest BCUT2D eigenvalue weighted by molar-refractivity contribution is 5.14. The second-order valence-corrected chi connectivity index (χ2v) is 4.80. The summed E-state index contributed by atoms with van der Waals surface area (Å²) in [4.78, 5) is 0. The van der Waals surface area contributed by atoms with Crippen LogP contribution >= 0.6 is 0 Å². The zero-order valence-corrected chi connectivity index (χ0v) is 11.5. The van der Waals surface area contributed by atoms with Crippen LogP contribution in [0.1, 0.15) is 24.2 Å². The number of nitrogens with zero attached hydrogens (tertiary/aromatic N) is 3. The van der Waals surface area contributed by atoms with Crippen molar-refractivity contribution < 1.29 is 0 Å². The maximum Gasteiger partial charge on any atom is 0.133 e. The molecule has 2 rings (SSSR count). The number of aryl methyl sites for hydroxylation is 2. The number of unbranched alkanes of at least 4 members (excludes halogenated alkanes) is 1. The summed E-state index contributed by atoms with van der Waals surface area (Å²) in [5.74, 6) is 1.04. The van der Waals surface area contributed by atoms with E-state index < -0.39 is 0 Å². The normalized spacial score (nSPS) is 10.8. The van der Waals surface area contributed by atoms with Crippen molar-refractivity contribution in [2.75, 3.05) is 13.1 Å². The maximum atomic E-state index is 4.06. The van der Waals surface area contributed by atoms with Crippen molar-refractivity contribution in [1.29, 1.82) is 0 Å². The lowest BCUT2D eigenvalue weighted by atomic mass is 10.1. The molecule has 0 atom stereocenters. The van der Waals surface area contributed by atoms with Gasteiger partial charge in [0.05, 0.1) is 0 Å². The van der Waals surface area contributed by atoms with Gasteiger partial charge in [-0.05, 0) is 31.4 Å². The van der Waals surface area contributed by atoms with E-state index in [2.05, 4.69) is 45.8 Å². The van der Waals surface area contributed by atoms with E-state index >= 15 is 0 Å². The third kappa shape index (κ3) is 4.83. The summed E-state index contributed by atoms with van der Waals surface area (Å²) in [6.45, 7) is 2.04. The van der Waals surface area contributed by atoms with E-state index in [9.17, 15) is 0 Å². The molecule has 2 aromatic rings. The van der Waals surface area contributed by atoms with Crippen LogP contribution < -0.4 is 5.32 Å². The van der Waals surface area contributed by atoms with Crippen LogP contribution in [0.5, 0.6) is 0 Å². The van der Waals surface area contributed by atoms with Gasteiger partial charge in [-0.2, -0.15) is 0 Å². The van der Waals surface area contributed by atoms with Crippen LogP contribution in [0.2, 0.25) is 0 Å². The molecule has 0 bridgehead atoms. The Morgan fingerprint density at radius 2 is 1.89 bits per heavy atom. The molecule has 1 aromatic heterocycles. The SMILES string of the molecule is Cn1cnnc1CCNCCCCc1ccccc1. The third-order valence-corrected chi connectivity index (χ3v) is 3.24. The van der Waals surface area contributed by atoms with E-state index in [4.69, 9.17) is 0 Å². The summed E-state index contributed by atoms with van der Waals surface area (Å²) in [7, 11) is 1.98. The molecular formula is C15H22N4. The molecule has 19 heavy (non-hydrogen) atoms. The first-order valence-electron chi connectivity index (χ1n) is 6.94. The molecule has 1 aromatic carbocycles. The Balaban J connectivity index is 1.50. The maximum absolute atomic E-state index is 4.06. The summed E-state index contributed by atoms with van der Waals surface area (Å²) in [6, 6.07) is 10.7. The molecule has 0 aliphatic rings. The number of hydrogen-bond donors (Lipinski definition) is 1. The first-order valence-corrected chi connectivity index (χ1v) is 6.94. The first kappa shape index (κ1) is 13.7. The lowest BCUT2D eigenvalue weighted by Crippen LogP contribution is -2.19. The Morgan fingerprint density at radius 1 is 1.05 bits per heavy atom. The Labute approximate surface area is 114 Å². The van der Waals surface area contributed by atoms with E-state index in [0.717, 1.165) is 25.3 Å². The molecule has 0 unspecified atom stereocenters. The minimum atomic E-state index is 0.940. The summed E-state index contributed by atoms with van der Waals surface area (Å²) in [6.07, 6.45) is 6.31. The quantitative estimate of drug-likeness (QED) is 0.736. The Hall–Kier alpha value is -1.68. The number of rotatable bonds is 8. The fourth-order valence-corrected chi connectivity index (χ4v) is 2.08. The molecule has 0 saturated heterocycles. The van der Waals surface area contributed by atoms with E-state index in [1.54, 1.807) is 6.33 Å². The summed E-state index contributed by atoms with van der Waals surface area (Å²) >= 11 is 0. The van der Waals surface area contributed by atoms with Crippen molar-refractivity contribution in [2.24, 2.45) is 7.05 Å². The van der Waals surface area contributed by atoms with Crippen LogP contribution in [0.25, 0.3) is 0 Å². The molecule has 0 spiro atoms. The number of aromatic nitrogens is 3. The van der Waals surface area contributed by atoms with Gasteiger partial charge in [0.25, 0.3) is 0 Å². The molecule has 4 nitrogen and oxygen atoms in total. The smallest absolute Gasteiger partial charge is 0.133 e. The topological polar surface area (TPSA) is 42.7 Å². The third-order valence-electron chi connectivity index (χ3n) is 3.24. The fraction of sp³-hybridized carbons (Fsp3) is 0.467. The van der Waals surface area contributed by atoms with Crippen LogP contribution in [0.3, 0.4) is 0 Å². The van der Waals surface area contributed by atoms with Gasteiger partial charge in [0.15, 0.2) is 0 Å². The van der Waals surface area contributed by atoms with Crippen LogP contribution in [0, 0.1) is 0 Å². The number of hydrogen-bond acceptors (Lipinski definition) is 3. The van der Waals surface area contributed by atoms with Gasteiger partial charge < -0.3 is 9.88 Å². The van der Waals surface area contributed by atoms with E-state index in [1.165, 1.54) is 24.8 Å². The Bertz CT molecular complexity index is 464. The molecule has 1 N–H and O–H groups in total. The standard InChI is InChI=1S/C15H22N4/c1-19-13-17-18-15(19)10-12-16-11-6-5-9-14-7-3-2-4-8-14/h2-4,7-8,13,16H,5-6,9-12H2,1H3. The van der Waals surface area contributed by atoms with Crippen molar-refractivity contribution in [2.45, 2.75) is 25.7 Å². The van der Waals surface area contributed by atoms with Crippen molar-refractivity contribution in [3.05, 3.63) is 48.0 Å². The molecule has 0 fully saturated rings. The molecule has 0 aliphatic heterocycles. The Morgan fingerprint density at radius 3 is 2.63 bits per heavy atom. The van der Waals surface area contributed by atoms with Gasteiger partial charge in [-0.3, -0.25) is 0 Å². The summed E-state index contributed by atoms with van der Waals surface area (Å²) in [5, 5.41) is 11.4. The van der Waals surface area contributed by atoms with E-state index in [-0.39, 0.29) is 0 Å². The fourth-order valence-electron chi connectivity index (χ4n) is 2.08. The van der Waals surface area contributed by atoms with E-state index in [1.807, 2.05) is 11.6 Å². The second-order valence-electron chi connectivity index (χ2n) is 4.80. The van der Waals surface area contributed by atoms with Crippen molar-refractivity contribution in [3.63, 3.8) is 0 Å². The Kier molecular flexibility index (Phi) is 5.56. The van der Waals surface area contributed by atoms with Gasteiger partial charge in [-0.25, -0.2) is 0 Å². The molecule has 0 saturated carbocycles. The zero-order valence-electron chi connectivity index (χ0n) is 11.5. The largest absolute Gasteiger partial charge is 0.321 e.